The molecule has 0 radical (unpaired) electrons. The van der Waals surface area contributed by atoms with Gasteiger partial charge in [-0.15, -0.1) is 0 Å². The highest BCUT2D eigenvalue weighted by Gasteiger charge is 2.22. The molecule has 3 nitrogen and oxygen atoms in total. The van der Waals surface area contributed by atoms with Crippen LogP contribution in [0.4, 0.5) is 0 Å². The molecule has 16 heavy (non-hydrogen) atoms. The smallest absolute Gasteiger partial charge is 0.150 e. The van der Waals surface area contributed by atoms with Crippen molar-refractivity contribution in [3.63, 3.8) is 0 Å². The minimum atomic E-state index is -2.70. The molecule has 1 heterocycles. The van der Waals surface area contributed by atoms with Crippen LogP contribution in [0.15, 0.2) is 0 Å². The van der Waals surface area contributed by atoms with E-state index in [-0.39, 0.29) is 0 Å². The molecule has 1 fully saturated rings. The van der Waals surface area contributed by atoms with Crippen molar-refractivity contribution in [1.82, 2.24) is 5.32 Å². The van der Waals surface area contributed by atoms with Gasteiger partial charge in [0, 0.05) is 6.04 Å². The van der Waals surface area contributed by atoms with Gasteiger partial charge in [-0.1, -0.05) is 6.42 Å². The molecule has 1 N–H and O–H groups in total. The Kier molecular flexibility index (Phi) is 6.77. The van der Waals surface area contributed by atoms with Gasteiger partial charge in [0.05, 0.1) is 11.5 Å². The number of nitrogens with one attached hydrogen (secondary N) is 1. The van der Waals surface area contributed by atoms with Crippen LogP contribution in [0.5, 0.6) is 0 Å². The highest BCUT2D eigenvalue weighted by Crippen LogP contribution is 2.12. The molecular weight excluding hydrogens is 242 g/mol. The summed E-state index contributed by atoms with van der Waals surface area (Å²) >= 11 is 1.90. The van der Waals surface area contributed by atoms with Crippen molar-refractivity contribution in [3.05, 3.63) is 0 Å². The lowest BCUT2D eigenvalue weighted by molar-refractivity contribution is 0.455. The maximum absolute atomic E-state index is 11.2. The van der Waals surface area contributed by atoms with E-state index in [1.54, 1.807) is 0 Å². The van der Waals surface area contributed by atoms with Gasteiger partial charge in [-0.05, 0) is 44.2 Å². The summed E-state index contributed by atoms with van der Waals surface area (Å²) in [6.45, 7) is 1.04. The van der Waals surface area contributed by atoms with E-state index < -0.39 is 9.84 Å². The summed E-state index contributed by atoms with van der Waals surface area (Å²) < 4.78 is 22.4. The van der Waals surface area contributed by atoms with Crippen LogP contribution in [-0.2, 0) is 9.84 Å². The van der Waals surface area contributed by atoms with Gasteiger partial charge in [0.2, 0.25) is 0 Å². The van der Waals surface area contributed by atoms with E-state index in [9.17, 15) is 8.42 Å². The molecule has 96 valence electrons. The molecule has 1 aliphatic rings. The molecular formula is C11H23NO2S2. The number of hydrogen-bond donors (Lipinski definition) is 1. The number of hydrogen-bond acceptors (Lipinski definition) is 4. The van der Waals surface area contributed by atoms with Crippen molar-refractivity contribution in [1.29, 1.82) is 0 Å². The Morgan fingerprint density at radius 3 is 2.50 bits per heavy atom. The molecule has 1 saturated heterocycles. The third-order valence-corrected chi connectivity index (χ3v) is 5.43. The fourth-order valence-corrected chi connectivity index (χ4v) is 3.93. The first kappa shape index (κ1) is 14.3. The highest BCUT2D eigenvalue weighted by molar-refractivity contribution is 7.98. The number of sulfone groups is 1. The van der Waals surface area contributed by atoms with Gasteiger partial charge < -0.3 is 5.32 Å². The van der Waals surface area contributed by atoms with E-state index >= 15 is 0 Å². The van der Waals surface area contributed by atoms with E-state index in [2.05, 4.69) is 11.6 Å². The standard InChI is InChI=1S/C11H23NO2S2/c1-15-8-4-2-3-7-12-11-5-9-16(13,14)10-6-11/h11-12H,2-10H2,1H3. The molecule has 0 aromatic heterocycles. The van der Waals surface area contributed by atoms with Crippen LogP contribution in [0.25, 0.3) is 0 Å². The minimum Gasteiger partial charge on any atom is -0.314 e. The van der Waals surface area contributed by atoms with Gasteiger partial charge in [0.15, 0.2) is 0 Å². The fraction of sp³-hybridized carbons (Fsp3) is 1.00. The van der Waals surface area contributed by atoms with Crippen LogP contribution >= 0.6 is 11.8 Å². The highest BCUT2D eigenvalue weighted by atomic mass is 32.2. The van der Waals surface area contributed by atoms with Crippen LogP contribution in [0, 0.1) is 0 Å². The zero-order valence-corrected chi connectivity index (χ0v) is 11.7. The average Bonchev–Trinajstić information content (AvgIpc) is 2.25. The third kappa shape index (κ3) is 6.11. The van der Waals surface area contributed by atoms with Crippen molar-refractivity contribution in [3.8, 4) is 0 Å². The third-order valence-electron chi connectivity index (χ3n) is 3.01. The van der Waals surface area contributed by atoms with Gasteiger partial charge in [0.1, 0.15) is 9.84 Å². The van der Waals surface area contributed by atoms with Crippen molar-refractivity contribution in [2.24, 2.45) is 0 Å². The van der Waals surface area contributed by atoms with E-state index in [0.29, 0.717) is 17.5 Å². The van der Waals surface area contributed by atoms with E-state index in [1.165, 1.54) is 25.0 Å². The van der Waals surface area contributed by atoms with Crippen molar-refractivity contribution < 1.29 is 8.42 Å². The van der Waals surface area contributed by atoms with E-state index in [1.807, 2.05) is 11.8 Å². The first-order valence-electron chi connectivity index (χ1n) is 6.07. The van der Waals surface area contributed by atoms with Gasteiger partial charge in [-0.2, -0.15) is 11.8 Å². The van der Waals surface area contributed by atoms with Crippen LogP contribution in [0.1, 0.15) is 32.1 Å². The molecule has 1 aliphatic heterocycles. The van der Waals surface area contributed by atoms with Gasteiger partial charge in [-0.25, -0.2) is 8.42 Å². The van der Waals surface area contributed by atoms with Crippen LogP contribution in [-0.4, -0.2) is 44.5 Å². The van der Waals surface area contributed by atoms with E-state index in [4.69, 9.17) is 0 Å². The maximum Gasteiger partial charge on any atom is 0.150 e. The summed E-state index contributed by atoms with van der Waals surface area (Å²) in [6, 6.07) is 0.434. The molecule has 0 amide bonds. The first-order chi connectivity index (χ1) is 7.64. The second-order valence-electron chi connectivity index (χ2n) is 4.43. The van der Waals surface area contributed by atoms with Crippen LogP contribution in [0.3, 0.4) is 0 Å². The summed E-state index contributed by atoms with van der Waals surface area (Å²) in [4.78, 5) is 0. The lowest BCUT2D eigenvalue weighted by Gasteiger charge is -2.23. The van der Waals surface area contributed by atoms with Crippen molar-refractivity contribution in [2.45, 2.75) is 38.1 Å². The van der Waals surface area contributed by atoms with Crippen molar-refractivity contribution in [2.75, 3.05) is 30.1 Å². The Hall–Kier alpha value is 0.260. The Balaban J connectivity index is 1.98. The maximum atomic E-state index is 11.2. The minimum absolute atomic E-state index is 0.372. The molecule has 0 atom stereocenters. The Morgan fingerprint density at radius 1 is 1.19 bits per heavy atom. The number of unbranched alkanes of at least 4 members (excludes halogenated alkanes) is 2. The number of rotatable bonds is 7. The normalized spacial score (nSPS) is 21.1. The molecule has 0 aliphatic carbocycles. The molecule has 0 aromatic carbocycles. The van der Waals surface area contributed by atoms with E-state index in [0.717, 1.165) is 19.4 Å². The topological polar surface area (TPSA) is 46.2 Å². The Bertz CT molecular complexity index is 264. The SMILES string of the molecule is CSCCCCCNC1CCS(=O)(=O)CC1. The summed E-state index contributed by atoms with van der Waals surface area (Å²) in [7, 11) is -2.70. The van der Waals surface area contributed by atoms with Crippen molar-refractivity contribution >= 4 is 21.6 Å². The summed E-state index contributed by atoms with van der Waals surface area (Å²) in [5.41, 5.74) is 0. The zero-order valence-electron chi connectivity index (χ0n) is 10.1. The predicted molar refractivity (Wildman–Crippen MR) is 71.9 cm³/mol. The monoisotopic (exact) mass is 265 g/mol. The number of thioether (sulfide) groups is 1. The Labute approximate surface area is 104 Å². The quantitative estimate of drug-likeness (QED) is 0.712. The molecule has 0 aromatic rings. The Morgan fingerprint density at radius 2 is 1.88 bits per heavy atom. The van der Waals surface area contributed by atoms with Crippen LogP contribution in [0.2, 0.25) is 0 Å². The second kappa shape index (κ2) is 7.56. The van der Waals surface area contributed by atoms with Gasteiger partial charge >= 0.3 is 0 Å². The summed E-state index contributed by atoms with van der Waals surface area (Å²) in [6.07, 6.45) is 7.52. The van der Waals surface area contributed by atoms with Gasteiger partial charge in [-0.3, -0.25) is 0 Å². The lowest BCUT2D eigenvalue weighted by Crippen LogP contribution is -2.37. The lowest BCUT2D eigenvalue weighted by atomic mass is 10.1. The van der Waals surface area contributed by atoms with Crippen LogP contribution < -0.4 is 5.32 Å². The molecule has 0 unspecified atom stereocenters. The molecule has 0 bridgehead atoms. The molecule has 0 saturated carbocycles. The molecule has 1 rings (SSSR count). The fourth-order valence-electron chi connectivity index (χ4n) is 1.95. The molecule has 0 spiro atoms. The average molecular weight is 265 g/mol. The summed E-state index contributed by atoms with van der Waals surface area (Å²) in [5, 5.41) is 3.47. The summed E-state index contributed by atoms with van der Waals surface area (Å²) in [5.74, 6) is 2.00. The predicted octanol–water partition coefficient (Wildman–Crippen LogP) is 1.69. The molecule has 5 heteroatoms. The largest absolute Gasteiger partial charge is 0.314 e. The van der Waals surface area contributed by atoms with Gasteiger partial charge in [0.25, 0.3) is 0 Å². The second-order valence-corrected chi connectivity index (χ2v) is 7.72. The first-order valence-corrected chi connectivity index (χ1v) is 9.28. The zero-order chi connectivity index (χ0) is 11.9.